The van der Waals surface area contributed by atoms with Crippen molar-refractivity contribution in [3.05, 3.63) is 139 Å². The quantitative estimate of drug-likeness (QED) is 0.123. The fraction of sp³-hybridized carbons (Fsp3) is 0.244. The van der Waals surface area contributed by atoms with Crippen molar-refractivity contribution in [2.45, 2.75) is 62.2 Å². The van der Waals surface area contributed by atoms with Gasteiger partial charge in [-0.15, -0.1) is 23.8 Å². The van der Waals surface area contributed by atoms with Crippen LogP contribution in [0.3, 0.4) is 0 Å². The molecule has 1 fully saturated rings. The molecule has 0 atom stereocenters. The van der Waals surface area contributed by atoms with Gasteiger partial charge in [-0.1, -0.05) is 68.5 Å². The van der Waals surface area contributed by atoms with Crippen molar-refractivity contribution in [3.8, 4) is 33.6 Å². The van der Waals surface area contributed by atoms with Crippen molar-refractivity contribution in [1.29, 1.82) is 0 Å². The monoisotopic (exact) mass is 929 g/mol. The van der Waals surface area contributed by atoms with E-state index in [2.05, 4.69) is 90.7 Å². The second kappa shape index (κ2) is 15.6. The molecule has 1 radical (unpaired) electrons. The molecule has 0 spiro atoms. The first-order valence-corrected chi connectivity index (χ1v) is 25.8. The van der Waals surface area contributed by atoms with Crippen LogP contribution in [-0.2, 0) is 25.5 Å². The third kappa shape index (κ3) is 7.98. The van der Waals surface area contributed by atoms with Gasteiger partial charge in [-0.25, -0.2) is 4.39 Å². The van der Waals surface area contributed by atoms with Gasteiger partial charge in [-0.3, -0.25) is 0 Å². The van der Waals surface area contributed by atoms with Crippen LogP contribution in [0.5, 0.6) is 0 Å². The van der Waals surface area contributed by atoms with E-state index in [0.29, 0.717) is 5.56 Å². The number of rotatable bonds is 6. The van der Waals surface area contributed by atoms with Gasteiger partial charge in [0.1, 0.15) is 5.82 Å². The molecule has 1 saturated carbocycles. The Hall–Kier alpha value is -3.48. The molecule has 0 bridgehead atoms. The van der Waals surface area contributed by atoms with Gasteiger partial charge in [0.2, 0.25) is 0 Å². The number of hydrogen-bond acceptors (Lipinski definition) is 3. The summed E-state index contributed by atoms with van der Waals surface area (Å²) in [5.41, 5.74) is 7.14. The molecule has 0 amide bonds. The zero-order chi connectivity index (χ0) is 34.9. The summed E-state index contributed by atoms with van der Waals surface area (Å²) in [7, 11) is 0. The topological polar surface area (TPSA) is 25.8 Å². The molecule has 1 aliphatic carbocycles. The van der Waals surface area contributed by atoms with Crippen molar-refractivity contribution >= 4 is 49.2 Å². The van der Waals surface area contributed by atoms with Gasteiger partial charge in [0.15, 0.2) is 0 Å². The summed E-state index contributed by atoms with van der Waals surface area (Å²) in [4.78, 5) is 9.30. The van der Waals surface area contributed by atoms with Crippen LogP contribution in [0.1, 0.15) is 45.1 Å². The van der Waals surface area contributed by atoms with Crippen LogP contribution in [0.15, 0.2) is 116 Å². The zero-order valence-corrected chi connectivity index (χ0v) is 35.2. The summed E-state index contributed by atoms with van der Waals surface area (Å²) >= 11 is 0.0269. The summed E-state index contributed by atoms with van der Waals surface area (Å²) in [6.45, 7) is 4.77. The fourth-order valence-electron chi connectivity index (χ4n) is 7.20. The molecule has 0 saturated heterocycles. The minimum absolute atomic E-state index is 0. The maximum Gasteiger partial charge on any atom is 0 e. The zero-order valence-electron chi connectivity index (χ0n) is 29.9. The Morgan fingerprint density at radius 3 is 2.27 bits per heavy atom. The average molecular weight is 928 g/mol. The van der Waals surface area contributed by atoms with E-state index >= 15 is 0 Å². The minimum Gasteiger partial charge on any atom is 0 e. The van der Waals surface area contributed by atoms with E-state index in [1.807, 2.05) is 60.9 Å². The SMILES string of the molecule is CC(C)(c1ccnc(-c2[c-]ccc3c2sc2cc(-c4ccccc4F)ccc23)c1)C1CCCC1.[CH3][Ge]([CH3])([CH3])[c]1ccc(-c2[c-]cccc2)nc1.[Ir]. The number of nitrogens with zero attached hydrogens (tertiary/aromatic N) is 2. The van der Waals surface area contributed by atoms with Crippen molar-refractivity contribution in [1.82, 2.24) is 9.97 Å². The Kier molecular flexibility index (Phi) is 11.4. The second-order valence-corrected chi connectivity index (χ2v) is 26.7. The molecular formula is C45H43FGeIrN2S-2. The number of pyridine rings is 2. The van der Waals surface area contributed by atoms with E-state index in [9.17, 15) is 4.39 Å². The third-order valence-corrected chi connectivity index (χ3v) is 15.8. The predicted octanol–water partition coefficient (Wildman–Crippen LogP) is 12.3. The molecule has 4 aromatic carbocycles. The molecule has 3 aromatic heterocycles. The smallest absolute Gasteiger partial charge is 0 e. The van der Waals surface area contributed by atoms with Crippen molar-refractivity contribution in [3.63, 3.8) is 0 Å². The third-order valence-electron chi connectivity index (χ3n) is 10.4. The molecular weight excluding hydrogens is 884 g/mol. The number of thiophene rings is 1. The van der Waals surface area contributed by atoms with Gasteiger partial charge < -0.3 is 4.98 Å². The molecule has 51 heavy (non-hydrogen) atoms. The molecule has 7 aromatic rings. The van der Waals surface area contributed by atoms with E-state index in [0.717, 1.165) is 38.7 Å². The van der Waals surface area contributed by atoms with Crippen molar-refractivity contribution in [2.75, 3.05) is 0 Å². The van der Waals surface area contributed by atoms with Crippen LogP contribution in [0, 0.1) is 23.9 Å². The van der Waals surface area contributed by atoms with E-state index < -0.39 is 13.3 Å². The summed E-state index contributed by atoms with van der Waals surface area (Å²) in [5.74, 6) is 7.67. The molecule has 2 nitrogen and oxygen atoms in total. The van der Waals surface area contributed by atoms with E-state index in [4.69, 9.17) is 4.98 Å². The molecule has 8 rings (SSSR count). The van der Waals surface area contributed by atoms with E-state index in [1.165, 1.54) is 57.2 Å². The molecule has 0 aliphatic heterocycles. The summed E-state index contributed by atoms with van der Waals surface area (Å²) in [5, 5.41) is 2.40. The maximum atomic E-state index is 14.4. The van der Waals surface area contributed by atoms with E-state index in [-0.39, 0.29) is 31.3 Å². The van der Waals surface area contributed by atoms with Crippen LogP contribution in [0.2, 0.25) is 17.3 Å². The fourth-order valence-corrected chi connectivity index (χ4v) is 10.6. The predicted molar refractivity (Wildman–Crippen MR) is 213 cm³/mol. The number of fused-ring (bicyclic) bond motifs is 3. The van der Waals surface area contributed by atoms with Gasteiger partial charge in [-0.05, 0) is 69.3 Å². The Bertz CT molecular complexity index is 2250. The molecule has 0 unspecified atom stereocenters. The normalized spacial score (nSPS) is 13.5. The van der Waals surface area contributed by atoms with Crippen molar-refractivity contribution < 1.29 is 24.5 Å². The minimum atomic E-state index is -1.72. The number of halogens is 1. The molecule has 3 heterocycles. The van der Waals surface area contributed by atoms with Crippen molar-refractivity contribution in [2.24, 2.45) is 5.92 Å². The number of benzene rings is 4. The van der Waals surface area contributed by atoms with Gasteiger partial charge >= 0.3 is 99.8 Å². The summed E-state index contributed by atoms with van der Waals surface area (Å²) < 4.78 is 18.2. The van der Waals surface area contributed by atoms with E-state index in [1.54, 1.807) is 17.4 Å². The summed E-state index contributed by atoms with van der Waals surface area (Å²) in [6.07, 6.45) is 9.30. The maximum absolute atomic E-state index is 14.4. The largest absolute Gasteiger partial charge is 0 e. The molecule has 261 valence electrons. The molecule has 6 heteroatoms. The van der Waals surface area contributed by atoms with Crippen LogP contribution in [0.25, 0.3) is 53.8 Å². The van der Waals surface area contributed by atoms with Crippen LogP contribution < -0.4 is 4.40 Å². The van der Waals surface area contributed by atoms with Gasteiger partial charge in [0.25, 0.3) is 0 Å². The average Bonchev–Trinajstić information content (AvgIpc) is 3.82. The summed E-state index contributed by atoms with van der Waals surface area (Å²) in [6, 6.07) is 40.8. The van der Waals surface area contributed by atoms with Gasteiger partial charge in [0, 0.05) is 36.6 Å². The first-order valence-electron chi connectivity index (χ1n) is 17.6. The number of aromatic nitrogens is 2. The Morgan fingerprint density at radius 2 is 1.57 bits per heavy atom. The first-order chi connectivity index (χ1) is 24.1. The molecule has 0 N–H and O–H groups in total. The van der Waals surface area contributed by atoms with Gasteiger partial charge in [-0.2, -0.15) is 11.3 Å². The second-order valence-electron chi connectivity index (χ2n) is 15.0. The first kappa shape index (κ1) is 37.3. The Balaban J connectivity index is 0.000000222. The molecule has 1 aliphatic rings. The van der Waals surface area contributed by atoms with Crippen LogP contribution in [0.4, 0.5) is 4.39 Å². The van der Waals surface area contributed by atoms with Crippen LogP contribution in [-0.4, -0.2) is 23.2 Å². The van der Waals surface area contributed by atoms with Crippen LogP contribution >= 0.6 is 11.3 Å². The number of hydrogen-bond donors (Lipinski definition) is 0. The Labute approximate surface area is 322 Å². The standard InChI is InChI=1S/C31H27FNS.C14H16GeN.Ir/c1-31(2,21-8-3-4-9-21)22-16-17-33-28(19-22)26-12-7-11-25-24-15-14-20(18-29(24)34-30(25)26)23-10-5-6-13-27(23)32;1-15(2,3)13-9-10-14(16-11-13)12-7-5-4-6-8-12;/h5-7,10-11,13-19,21H,3-4,8-9H2,1-2H3;4-7,9-11H,1-3H3;/q2*-1;. The van der Waals surface area contributed by atoms with Gasteiger partial charge in [0.05, 0.1) is 0 Å². The Morgan fingerprint density at radius 1 is 0.784 bits per heavy atom.